The van der Waals surface area contributed by atoms with E-state index in [1.165, 1.54) is 4.52 Å². The van der Waals surface area contributed by atoms with E-state index in [4.69, 9.17) is 0 Å². The summed E-state index contributed by atoms with van der Waals surface area (Å²) < 4.78 is 42.5. The van der Waals surface area contributed by atoms with Gasteiger partial charge in [0.05, 0.1) is 0 Å². The molecule has 106 valence electrons. The summed E-state index contributed by atoms with van der Waals surface area (Å²) in [5.74, 6) is -0.827. The maximum atomic E-state index is 13.3. The Morgan fingerprint density at radius 3 is 2.71 bits per heavy atom. The van der Waals surface area contributed by atoms with Gasteiger partial charge < -0.3 is 0 Å². The molecule has 0 unspecified atom stereocenters. The average Bonchev–Trinajstić information content (AvgIpc) is 2.95. The van der Waals surface area contributed by atoms with Crippen LogP contribution in [0.4, 0.5) is 13.2 Å². The van der Waals surface area contributed by atoms with Crippen molar-refractivity contribution in [2.24, 2.45) is 0 Å². The highest BCUT2D eigenvalue weighted by atomic mass is 19.4. The number of aryl methyl sites for hydroxylation is 1. The van der Waals surface area contributed by atoms with Gasteiger partial charge in [0.1, 0.15) is 5.52 Å². The van der Waals surface area contributed by atoms with Crippen LogP contribution in [0.2, 0.25) is 0 Å². The Balaban J connectivity index is 2.33. The van der Waals surface area contributed by atoms with Crippen molar-refractivity contribution in [1.82, 2.24) is 19.5 Å². The molecule has 3 aromatic heterocycles. The minimum atomic E-state index is -4.57. The number of hydrogen-bond acceptors (Lipinski definition) is 2. The lowest BCUT2D eigenvalue weighted by Crippen LogP contribution is -2.31. The Morgan fingerprint density at radius 1 is 1.19 bits per heavy atom. The Morgan fingerprint density at radius 2 is 1.95 bits per heavy atom. The van der Waals surface area contributed by atoms with Gasteiger partial charge in [-0.15, -0.1) is 9.50 Å². The number of halogens is 3. The highest BCUT2D eigenvalue weighted by Crippen LogP contribution is 2.30. The number of nitrogens with zero attached hydrogens (tertiary/aromatic N) is 4. The normalized spacial score (nSPS) is 12.8. The van der Waals surface area contributed by atoms with Crippen LogP contribution in [0, 0.1) is 6.92 Å². The van der Waals surface area contributed by atoms with E-state index < -0.39 is 12.0 Å². The van der Waals surface area contributed by atoms with Crippen molar-refractivity contribution < 1.29 is 17.7 Å². The molecule has 0 aliphatic heterocycles. The van der Waals surface area contributed by atoms with E-state index >= 15 is 0 Å². The first-order chi connectivity index (χ1) is 9.95. The van der Waals surface area contributed by atoms with Gasteiger partial charge in [-0.1, -0.05) is 17.1 Å². The number of aromatic amines is 1. The van der Waals surface area contributed by atoms with Crippen LogP contribution >= 0.6 is 0 Å². The molecule has 8 heteroatoms. The average molecular weight is 292 g/mol. The molecule has 4 aromatic rings. The molecule has 21 heavy (non-hydrogen) atoms. The van der Waals surface area contributed by atoms with E-state index in [1.807, 2.05) is 0 Å². The van der Waals surface area contributed by atoms with Gasteiger partial charge in [0.25, 0.3) is 5.65 Å². The number of imidazole rings is 1. The molecular formula is C13H9F3N5+. The fourth-order valence-corrected chi connectivity index (χ4v) is 2.48. The Hall–Kier alpha value is -2.64. The molecule has 0 aliphatic carbocycles. The van der Waals surface area contributed by atoms with E-state index in [-0.39, 0.29) is 11.4 Å². The van der Waals surface area contributed by atoms with E-state index in [0.717, 1.165) is 4.40 Å². The topological polar surface area (TPSA) is 50.1 Å². The monoisotopic (exact) mass is 292 g/mol. The molecule has 3 heterocycles. The summed E-state index contributed by atoms with van der Waals surface area (Å²) in [5, 5.41) is 2.94. The lowest BCUT2D eigenvalue weighted by atomic mass is 10.3. The van der Waals surface area contributed by atoms with Gasteiger partial charge in [0, 0.05) is 11.8 Å². The second-order valence-electron chi connectivity index (χ2n) is 4.80. The third kappa shape index (κ3) is 1.61. The van der Waals surface area contributed by atoms with Crippen molar-refractivity contribution in [1.29, 1.82) is 0 Å². The van der Waals surface area contributed by atoms with Crippen LogP contribution in [-0.4, -0.2) is 19.5 Å². The second-order valence-corrected chi connectivity index (χ2v) is 4.80. The number of nitrogens with one attached hydrogen (secondary N) is 1. The molecule has 4 rings (SSSR count). The maximum absolute atomic E-state index is 13.3. The first-order valence-electron chi connectivity index (χ1n) is 6.21. The number of rotatable bonds is 0. The number of para-hydroxylation sites is 2. The third-order valence-electron chi connectivity index (χ3n) is 3.29. The number of fused-ring (bicyclic) bond motifs is 5. The van der Waals surface area contributed by atoms with Crippen LogP contribution in [0.1, 0.15) is 11.5 Å². The molecule has 0 saturated heterocycles. The van der Waals surface area contributed by atoms with Crippen molar-refractivity contribution >= 4 is 22.5 Å². The predicted octanol–water partition coefficient (Wildman–Crippen LogP) is 2.28. The van der Waals surface area contributed by atoms with E-state index in [9.17, 15) is 13.2 Å². The smallest absolute Gasteiger partial charge is 0.258 e. The van der Waals surface area contributed by atoms with Gasteiger partial charge in [-0.2, -0.15) is 17.6 Å². The summed E-state index contributed by atoms with van der Waals surface area (Å²) in [6.45, 7) is 1.75. The van der Waals surface area contributed by atoms with Gasteiger partial charge in [-0.25, -0.2) is 0 Å². The van der Waals surface area contributed by atoms with E-state index in [0.29, 0.717) is 16.7 Å². The molecule has 0 fully saturated rings. The summed E-state index contributed by atoms with van der Waals surface area (Å²) in [4.78, 5) is 8.03. The zero-order valence-electron chi connectivity index (χ0n) is 10.8. The molecule has 0 radical (unpaired) electrons. The minimum absolute atomic E-state index is 0.154. The molecule has 0 atom stereocenters. The van der Waals surface area contributed by atoms with E-state index in [2.05, 4.69) is 15.1 Å². The van der Waals surface area contributed by atoms with Gasteiger partial charge >= 0.3 is 17.8 Å². The van der Waals surface area contributed by atoms with Crippen LogP contribution in [0.15, 0.2) is 30.3 Å². The number of H-pyrrole nitrogens is 1. The Bertz CT molecular complexity index is 996. The molecule has 1 N–H and O–H groups in total. The molecule has 0 saturated carbocycles. The van der Waals surface area contributed by atoms with Crippen LogP contribution in [0.5, 0.6) is 0 Å². The molecule has 5 nitrogen and oxygen atoms in total. The van der Waals surface area contributed by atoms with Crippen LogP contribution in [0.3, 0.4) is 0 Å². The molecule has 0 amide bonds. The van der Waals surface area contributed by atoms with Gasteiger partial charge in [0.2, 0.25) is 0 Å². The number of benzene rings is 1. The fraction of sp³-hybridized carbons (Fsp3) is 0.154. The Labute approximate surface area is 115 Å². The van der Waals surface area contributed by atoms with Crippen LogP contribution < -0.4 is 4.52 Å². The summed E-state index contributed by atoms with van der Waals surface area (Å²) in [7, 11) is 0. The lowest BCUT2D eigenvalue weighted by Gasteiger charge is -2.03. The van der Waals surface area contributed by atoms with Crippen molar-refractivity contribution in [3.63, 3.8) is 0 Å². The van der Waals surface area contributed by atoms with Crippen molar-refractivity contribution in [3.8, 4) is 0 Å². The van der Waals surface area contributed by atoms with Crippen molar-refractivity contribution in [3.05, 3.63) is 41.9 Å². The van der Waals surface area contributed by atoms with E-state index in [1.54, 1.807) is 37.3 Å². The van der Waals surface area contributed by atoms with Crippen molar-refractivity contribution in [2.75, 3.05) is 0 Å². The molecular weight excluding hydrogens is 283 g/mol. The summed E-state index contributed by atoms with van der Waals surface area (Å²) in [6.07, 6.45) is -4.57. The SMILES string of the molecule is Cc1cc2nc(C(F)(F)F)n3c4ccccc4nc3[n+]2[nH]1. The van der Waals surface area contributed by atoms with Crippen molar-refractivity contribution in [2.45, 2.75) is 13.1 Å². The summed E-state index contributed by atoms with van der Waals surface area (Å²) >= 11 is 0. The van der Waals surface area contributed by atoms with Crippen LogP contribution in [0.25, 0.3) is 22.5 Å². The second kappa shape index (κ2) is 3.72. The minimum Gasteiger partial charge on any atom is -0.258 e. The molecule has 0 bridgehead atoms. The Kier molecular flexibility index (Phi) is 2.15. The summed E-state index contributed by atoms with van der Waals surface area (Å²) in [5.41, 5.74) is 1.74. The highest BCUT2D eigenvalue weighted by molar-refractivity contribution is 5.79. The first-order valence-corrected chi connectivity index (χ1v) is 6.21. The predicted molar refractivity (Wildman–Crippen MR) is 67.7 cm³/mol. The third-order valence-corrected chi connectivity index (χ3v) is 3.29. The number of aromatic nitrogens is 5. The fourth-order valence-electron chi connectivity index (χ4n) is 2.48. The largest absolute Gasteiger partial charge is 0.474 e. The number of hydrogen-bond donors (Lipinski definition) is 1. The van der Waals surface area contributed by atoms with Gasteiger partial charge in [-0.05, 0) is 19.1 Å². The van der Waals surface area contributed by atoms with Crippen LogP contribution in [-0.2, 0) is 6.18 Å². The van der Waals surface area contributed by atoms with Gasteiger partial charge in [-0.3, -0.25) is 5.10 Å². The summed E-state index contributed by atoms with van der Waals surface area (Å²) in [6, 6.07) is 8.22. The zero-order chi connectivity index (χ0) is 14.8. The lowest BCUT2D eigenvalue weighted by molar-refractivity contribution is -0.557. The first kappa shape index (κ1) is 12.1. The number of alkyl halides is 3. The standard InChI is InChI=1S/C13H8F3N5/c1-7-6-10-18-11(13(14,15)16)20-9-5-3-2-4-8(9)17-12(20)21(10)19-7/h2-6H,1H3/p+1. The quantitative estimate of drug-likeness (QED) is 0.505. The highest BCUT2D eigenvalue weighted by Gasteiger charge is 2.42. The zero-order valence-corrected chi connectivity index (χ0v) is 10.8. The molecule has 0 spiro atoms. The van der Waals surface area contributed by atoms with Gasteiger partial charge in [0.15, 0.2) is 5.52 Å². The maximum Gasteiger partial charge on any atom is 0.474 e. The molecule has 1 aromatic carbocycles. The molecule has 0 aliphatic rings.